The van der Waals surface area contributed by atoms with Crippen molar-refractivity contribution in [1.29, 1.82) is 0 Å². The molecule has 2 atom stereocenters. The summed E-state index contributed by atoms with van der Waals surface area (Å²) in [5.74, 6) is 0.761. The zero-order valence-corrected chi connectivity index (χ0v) is 15.1. The monoisotopic (exact) mass is 309 g/mol. The summed E-state index contributed by atoms with van der Waals surface area (Å²) in [5, 5.41) is 3.47. The predicted molar refractivity (Wildman–Crippen MR) is 93.4 cm³/mol. The first-order chi connectivity index (χ1) is 9.88. The average Bonchev–Trinajstić information content (AvgIpc) is 2.45. The summed E-state index contributed by atoms with van der Waals surface area (Å²) < 4.78 is 12.3. The highest BCUT2D eigenvalue weighted by molar-refractivity contribution is 7.85. The second-order valence-corrected chi connectivity index (χ2v) is 8.20. The molecule has 0 aliphatic carbocycles. The molecule has 21 heavy (non-hydrogen) atoms. The van der Waals surface area contributed by atoms with Crippen LogP contribution in [0.3, 0.4) is 0 Å². The van der Waals surface area contributed by atoms with Crippen LogP contribution in [0.25, 0.3) is 0 Å². The number of hydrogen-bond donors (Lipinski definition) is 1. The Kier molecular flexibility index (Phi) is 7.61. The molecule has 0 aliphatic heterocycles. The van der Waals surface area contributed by atoms with Crippen molar-refractivity contribution >= 4 is 10.8 Å². The molecule has 0 heterocycles. The lowest BCUT2D eigenvalue weighted by Gasteiger charge is -2.19. The van der Waals surface area contributed by atoms with E-state index < -0.39 is 10.8 Å². The maximum absolute atomic E-state index is 12.3. The summed E-state index contributed by atoms with van der Waals surface area (Å²) in [6.07, 6.45) is 3.26. The number of hydrogen-bond acceptors (Lipinski definition) is 2. The van der Waals surface area contributed by atoms with Gasteiger partial charge >= 0.3 is 0 Å². The fourth-order valence-corrected chi connectivity index (χ4v) is 3.53. The van der Waals surface area contributed by atoms with Gasteiger partial charge in [-0.2, -0.15) is 0 Å². The van der Waals surface area contributed by atoms with E-state index >= 15 is 0 Å². The molecule has 0 aromatic heterocycles. The van der Waals surface area contributed by atoms with Gasteiger partial charge in [-0.3, -0.25) is 4.21 Å². The van der Waals surface area contributed by atoms with E-state index in [-0.39, 0.29) is 5.41 Å². The van der Waals surface area contributed by atoms with Crippen LogP contribution >= 0.6 is 0 Å². The third-order valence-electron chi connectivity index (χ3n) is 3.85. The van der Waals surface area contributed by atoms with E-state index in [0.29, 0.717) is 6.04 Å². The lowest BCUT2D eigenvalue weighted by Crippen LogP contribution is -2.28. The molecular formula is C18H31NOS. The first-order valence-corrected chi connectivity index (χ1v) is 9.42. The fraction of sp³-hybridized carbons (Fsp3) is 0.667. The van der Waals surface area contributed by atoms with Crippen LogP contribution < -0.4 is 5.32 Å². The highest BCUT2D eigenvalue weighted by Gasteiger charge is 2.14. The molecule has 2 unspecified atom stereocenters. The Morgan fingerprint density at radius 1 is 1.14 bits per heavy atom. The van der Waals surface area contributed by atoms with Gasteiger partial charge < -0.3 is 5.32 Å². The van der Waals surface area contributed by atoms with Crippen molar-refractivity contribution in [2.24, 2.45) is 0 Å². The van der Waals surface area contributed by atoms with E-state index in [1.165, 1.54) is 5.56 Å². The van der Waals surface area contributed by atoms with Gasteiger partial charge in [0.1, 0.15) is 0 Å². The van der Waals surface area contributed by atoms with Crippen molar-refractivity contribution in [3.63, 3.8) is 0 Å². The van der Waals surface area contributed by atoms with Crippen molar-refractivity contribution in [3.8, 4) is 0 Å². The molecule has 0 saturated carbocycles. The maximum atomic E-state index is 12.3. The Morgan fingerprint density at radius 2 is 1.76 bits per heavy atom. The molecule has 2 nitrogen and oxygen atoms in total. The number of benzene rings is 1. The Hall–Kier alpha value is -0.670. The lowest BCUT2D eigenvalue weighted by atomic mass is 9.87. The van der Waals surface area contributed by atoms with Gasteiger partial charge in [0.2, 0.25) is 0 Å². The number of rotatable bonds is 8. The number of nitrogens with one attached hydrogen (secondary N) is 1. The fourth-order valence-electron chi connectivity index (χ4n) is 2.42. The van der Waals surface area contributed by atoms with Crippen LogP contribution in [0, 0.1) is 0 Å². The van der Waals surface area contributed by atoms with Crippen molar-refractivity contribution in [1.82, 2.24) is 5.32 Å². The molecule has 1 aromatic carbocycles. The Morgan fingerprint density at radius 3 is 2.24 bits per heavy atom. The van der Waals surface area contributed by atoms with E-state index in [1.807, 2.05) is 12.1 Å². The van der Waals surface area contributed by atoms with E-state index in [4.69, 9.17) is 0 Å². The SMILES string of the molecule is CCNC(CC)CCCS(=O)c1ccc(C(C)(C)C)cc1. The standard InChI is InChI=1S/C18H31NOS/c1-6-16(19-7-2)9-8-14-21(20)17-12-10-15(11-13-17)18(3,4)5/h10-13,16,19H,6-9,14H2,1-5H3. The Labute approximate surface area is 133 Å². The summed E-state index contributed by atoms with van der Waals surface area (Å²) in [7, 11) is -0.869. The van der Waals surface area contributed by atoms with E-state index in [9.17, 15) is 4.21 Å². The van der Waals surface area contributed by atoms with Gasteiger partial charge in [-0.15, -0.1) is 0 Å². The molecular weight excluding hydrogens is 278 g/mol. The molecule has 0 radical (unpaired) electrons. The van der Waals surface area contributed by atoms with Crippen molar-refractivity contribution in [2.75, 3.05) is 12.3 Å². The molecule has 1 rings (SSSR count). The maximum Gasteiger partial charge on any atom is 0.0529 e. The smallest absolute Gasteiger partial charge is 0.0529 e. The molecule has 3 heteroatoms. The highest BCUT2D eigenvalue weighted by atomic mass is 32.2. The summed E-state index contributed by atoms with van der Waals surface area (Å²) in [4.78, 5) is 0.958. The van der Waals surface area contributed by atoms with Gasteiger partial charge in [0.15, 0.2) is 0 Å². The predicted octanol–water partition coefficient (Wildman–Crippen LogP) is 4.26. The topological polar surface area (TPSA) is 29.1 Å². The van der Waals surface area contributed by atoms with Crippen LogP contribution in [0.2, 0.25) is 0 Å². The lowest BCUT2D eigenvalue weighted by molar-refractivity contribution is 0.476. The minimum Gasteiger partial charge on any atom is -0.314 e. The van der Waals surface area contributed by atoms with Gasteiger partial charge in [0.05, 0.1) is 10.8 Å². The summed E-state index contributed by atoms with van der Waals surface area (Å²) in [6.45, 7) is 11.9. The molecule has 0 amide bonds. The summed E-state index contributed by atoms with van der Waals surface area (Å²) in [6, 6.07) is 8.84. The molecule has 0 aliphatic rings. The normalized spacial score (nSPS) is 14.9. The van der Waals surface area contributed by atoms with Crippen molar-refractivity contribution in [3.05, 3.63) is 29.8 Å². The minimum absolute atomic E-state index is 0.153. The quantitative estimate of drug-likeness (QED) is 0.777. The minimum atomic E-state index is -0.869. The van der Waals surface area contributed by atoms with E-state index in [1.54, 1.807) is 0 Å². The van der Waals surface area contributed by atoms with Gasteiger partial charge in [-0.05, 0) is 48.9 Å². The molecule has 0 fully saturated rings. The second-order valence-electron chi connectivity index (χ2n) is 6.63. The second kappa shape index (κ2) is 8.70. The molecule has 0 saturated heterocycles. The zero-order chi connectivity index (χ0) is 15.9. The van der Waals surface area contributed by atoms with Gasteiger partial charge in [-0.25, -0.2) is 0 Å². The highest BCUT2D eigenvalue weighted by Crippen LogP contribution is 2.23. The molecule has 0 spiro atoms. The molecule has 0 bridgehead atoms. The first kappa shape index (κ1) is 18.4. The van der Waals surface area contributed by atoms with Crippen LogP contribution in [0.15, 0.2) is 29.2 Å². The molecule has 1 aromatic rings. The van der Waals surface area contributed by atoms with Gasteiger partial charge in [-0.1, -0.05) is 46.8 Å². The van der Waals surface area contributed by atoms with Crippen molar-refractivity contribution < 1.29 is 4.21 Å². The summed E-state index contributed by atoms with van der Waals surface area (Å²) in [5.41, 5.74) is 1.45. The third kappa shape index (κ3) is 6.31. The summed E-state index contributed by atoms with van der Waals surface area (Å²) >= 11 is 0. The largest absolute Gasteiger partial charge is 0.314 e. The van der Waals surface area contributed by atoms with Gasteiger partial charge in [0.25, 0.3) is 0 Å². The van der Waals surface area contributed by atoms with E-state index in [2.05, 4.69) is 52.1 Å². The van der Waals surface area contributed by atoms with Crippen molar-refractivity contribution in [2.45, 2.75) is 70.2 Å². The molecule has 1 N–H and O–H groups in total. The third-order valence-corrected chi connectivity index (χ3v) is 5.31. The van der Waals surface area contributed by atoms with E-state index in [0.717, 1.165) is 36.5 Å². The van der Waals surface area contributed by atoms with Crippen LogP contribution in [0.1, 0.15) is 59.4 Å². The van der Waals surface area contributed by atoms with Crippen LogP contribution in [0.4, 0.5) is 0 Å². The molecule has 120 valence electrons. The van der Waals surface area contributed by atoms with Crippen LogP contribution in [-0.4, -0.2) is 22.5 Å². The Balaban J connectivity index is 2.49. The van der Waals surface area contributed by atoms with Gasteiger partial charge in [0, 0.05) is 16.7 Å². The Bertz CT molecular complexity index is 434. The van der Waals surface area contributed by atoms with Crippen LogP contribution in [0.5, 0.6) is 0 Å². The average molecular weight is 310 g/mol. The first-order valence-electron chi connectivity index (χ1n) is 8.10. The van der Waals surface area contributed by atoms with Crippen LogP contribution in [-0.2, 0) is 16.2 Å². The zero-order valence-electron chi connectivity index (χ0n) is 14.2.